The van der Waals surface area contributed by atoms with Crippen molar-refractivity contribution in [3.8, 4) is 0 Å². The average molecular weight is 379 g/mol. The number of nitrogens with one attached hydrogen (secondary N) is 2. The molecule has 1 aliphatic rings. The second-order valence-electron chi connectivity index (χ2n) is 6.40. The van der Waals surface area contributed by atoms with Crippen LogP contribution in [0.2, 0.25) is 0 Å². The first-order valence-electron chi connectivity index (χ1n) is 9.04. The first-order chi connectivity index (χ1) is 13.3. The van der Waals surface area contributed by atoms with Crippen molar-refractivity contribution in [1.82, 2.24) is 14.9 Å². The number of hydrogen-bond acceptors (Lipinski definition) is 5. The number of para-hydroxylation sites is 1. The van der Waals surface area contributed by atoms with Crippen molar-refractivity contribution in [3.05, 3.63) is 72.1 Å². The maximum Gasteiger partial charge on any atom is 0.240 e. The van der Waals surface area contributed by atoms with E-state index in [4.69, 9.17) is 0 Å². The fraction of sp³-hybridized carbons (Fsp3) is 0.250. The van der Waals surface area contributed by atoms with Crippen LogP contribution in [0.15, 0.2) is 65.8 Å². The van der Waals surface area contributed by atoms with E-state index in [1.807, 2.05) is 65.3 Å². The number of fused-ring (bicyclic) bond motifs is 1. The highest BCUT2D eigenvalue weighted by atomic mass is 32.2. The van der Waals surface area contributed by atoms with Crippen LogP contribution < -0.4 is 10.7 Å². The van der Waals surface area contributed by atoms with Gasteiger partial charge in [-0.25, -0.2) is 4.68 Å². The lowest BCUT2D eigenvalue weighted by Gasteiger charge is -2.33. The van der Waals surface area contributed by atoms with E-state index in [9.17, 15) is 4.79 Å². The van der Waals surface area contributed by atoms with Gasteiger partial charge in [0.2, 0.25) is 11.1 Å². The average Bonchev–Trinajstić information content (AvgIpc) is 3.11. The molecule has 0 saturated heterocycles. The predicted molar refractivity (Wildman–Crippen MR) is 107 cm³/mol. The van der Waals surface area contributed by atoms with Crippen molar-refractivity contribution in [1.29, 1.82) is 0 Å². The van der Waals surface area contributed by atoms with Crippen LogP contribution >= 0.6 is 11.8 Å². The monoisotopic (exact) mass is 379 g/mol. The van der Waals surface area contributed by atoms with Crippen molar-refractivity contribution in [2.45, 2.75) is 36.2 Å². The molecule has 0 saturated carbocycles. The molecule has 3 aromatic rings. The third-order valence-corrected chi connectivity index (χ3v) is 5.65. The molecule has 4 rings (SSSR count). The van der Waals surface area contributed by atoms with Gasteiger partial charge in [-0.2, -0.15) is 0 Å². The molecule has 6 nitrogen and oxygen atoms in total. The van der Waals surface area contributed by atoms with Gasteiger partial charge in [-0.3, -0.25) is 4.79 Å². The lowest BCUT2D eigenvalue weighted by Crippen LogP contribution is -2.41. The number of aromatic nitrogens is 3. The van der Waals surface area contributed by atoms with Crippen LogP contribution in [-0.4, -0.2) is 26.0 Å². The van der Waals surface area contributed by atoms with Crippen LogP contribution in [0, 0.1) is 0 Å². The Kier molecular flexibility index (Phi) is 5.11. The SMILES string of the molecule is CCCc1nnc2n1N[C@H](c1ccccc1)[C@H](C(=O)Nc1ccccc1)S2. The standard InChI is InChI=1S/C20H21N5OS/c1-2-9-16-22-23-20-25(16)24-17(14-10-5-3-6-11-14)18(27-20)19(26)21-15-12-7-4-8-13-15/h3-8,10-13,17-18,24H,2,9H2,1H3,(H,21,26)/t17-,18-/m1/s1. The molecule has 0 unspecified atom stereocenters. The zero-order chi connectivity index (χ0) is 18.6. The van der Waals surface area contributed by atoms with Gasteiger partial charge in [0.1, 0.15) is 5.25 Å². The largest absolute Gasteiger partial charge is 0.325 e. The molecule has 1 amide bonds. The normalized spacial score (nSPS) is 18.4. The minimum Gasteiger partial charge on any atom is -0.325 e. The Morgan fingerprint density at radius 1 is 1.11 bits per heavy atom. The fourth-order valence-electron chi connectivity index (χ4n) is 3.13. The Morgan fingerprint density at radius 3 is 2.52 bits per heavy atom. The molecule has 2 N–H and O–H groups in total. The molecule has 2 heterocycles. The van der Waals surface area contributed by atoms with E-state index in [0.29, 0.717) is 0 Å². The van der Waals surface area contributed by atoms with Crippen molar-refractivity contribution < 1.29 is 4.79 Å². The maximum absolute atomic E-state index is 13.1. The number of rotatable bonds is 5. The van der Waals surface area contributed by atoms with Crippen LogP contribution in [0.3, 0.4) is 0 Å². The van der Waals surface area contributed by atoms with E-state index in [1.54, 1.807) is 0 Å². The predicted octanol–water partition coefficient (Wildman–Crippen LogP) is 3.63. The Labute approximate surface area is 162 Å². The third-order valence-electron chi connectivity index (χ3n) is 4.44. The molecular formula is C20H21N5OS. The Balaban J connectivity index is 1.66. The van der Waals surface area contributed by atoms with E-state index in [-0.39, 0.29) is 17.2 Å². The van der Waals surface area contributed by atoms with Gasteiger partial charge in [-0.15, -0.1) is 10.2 Å². The van der Waals surface area contributed by atoms with Crippen LogP contribution in [0.25, 0.3) is 0 Å². The van der Waals surface area contributed by atoms with E-state index >= 15 is 0 Å². The van der Waals surface area contributed by atoms with Crippen molar-refractivity contribution in [3.63, 3.8) is 0 Å². The summed E-state index contributed by atoms with van der Waals surface area (Å²) in [6.07, 6.45) is 1.82. The minimum atomic E-state index is -0.362. The summed E-state index contributed by atoms with van der Waals surface area (Å²) < 4.78 is 1.93. The molecule has 27 heavy (non-hydrogen) atoms. The molecule has 1 aromatic heterocycles. The molecule has 1 aliphatic heterocycles. The van der Waals surface area contributed by atoms with Crippen LogP contribution in [0.4, 0.5) is 5.69 Å². The summed E-state index contributed by atoms with van der Waals surface area (Å²) in [4.78, 5) is 13.1. The van der Waals surface area contributed by atoms with E-state index in [1.165, 1.54) is 11.8 Å². The van der Waals surface area contributed by atoms with Crippen LogP contribution in [0.5, 0.6) is 0 Å². The molecule has 0 spiro atoms. The van der Waals surface area contributed by atoms with Crippen molar-refractivity contribution in [2.24, 2.45) is 0 Å². The third kappa shape index (κ3) is 3.68. The number of carbonyl (C=O) groups is 1. The maximum atomic E-state index is 13.1. The van der Waals surface area contributed by atoms with Gasteiger partial charge >= 0.3 is 0 Å². The summed E-state index contributed by atoms with van der Waals surface area (Å²) in [6.45, 7) is 2.11. The Bertz CT molecular complexity index is 913. The fourth-order valence-corrected chi connectivity index (χ4v) is 4.23. The van der Waals surface area contributed by atoms with Crippen molar-refractivity contribution in [2.75, 3.05) is 10.7 Å². The summed E-state index contributed by atoms with van der Waals surface area (Å²) in [5.74, 6) is 0.835. The van der Waals surface area contributed by atoms with Gasteiger partial charge in [-0.05, 0) is 24.1 Å². The number of nitrogens with zero attached hydrogens (tertiary/aromatic N) is 3. The van der Waals surface area contributed by atoms with Crippen LogP contribution in [0.1, 0.15) is 30.8 Å². The minimum absolute atomic E-state index is 0.0566. The van der Waals surface area contributed by atoms with E-state index in [2.05, 4.69) is 27.9 Å². The summed E-state index contributed by atoms with van der Waals surface area (Å²) in [5.41, 5.74) is 5.31. The van der Waals surface area contributed by atoms with Gasteiger partial charge in [0.25, 0.3) is 0 Å². The number of thioether (sulfide) groups is 1. The summed E-state index contributed by atoms with van der Waals surface area (Å²) in [7, 11) is 0. The molecule has 0 fully saturated rings. The summed E-state index contributed by atoms with van der Waals surface area (Å²) in [5, 5.41) is 11.9. The Morgan fingerprint density at radius 2 is 1.81 bits per heavy atom. The van der Waals surface area contributed by atoms with Crippen molar-refractivity contribution >= 4 is 23.4 Å². The molecule has 0 bridgehead atoms. The number of carbonyl (C=O) groups excluding carboxylic acids is 1. The number of anilines is 1. The van der Waals surface area contributed by atoms with Crippen LogP contribution in [-0.2, 0) is 11.2 Å². The summed E-state index contributed by atoms with van der Waals surface area (Å²) in [6, 6.07) is 19.4. The molecule has 2 atom stereocenters. The van der Waals surface area contributed by atoms with E-state index in [0.717, 1.165) is 35.1 Å². The van der Waals surface area contributed by atoms with E-state index < -0.39 is 0 Å². The molecule has 2 aromatic carbocycles. The highest BCUT2D eigenvalue weighted by molar-refractivity contribution is 8.00. The van der Waals surface area contributed by atoms with Gasteiger partial charge in [0, 0.05) is 12.1 Å². The first-order valence-corrected chi connectivity index (χ1v) is 9.92. The number of aryl methyl sites for hydroxylation is 1. The Hall–Kier alpha value is -2.80. The smallest absolute Gasteiger partial charge is 0.240 e. The van der Waals surface area contributed by atoms with Gasteiger partial charge in [0.05, 0.1) is 6.04 Å². The summed E-state index contributed by atoms with van der Waals surface area (Å²) >= 11 is 1.45. The first kappa shape index (κ1) is 17.6. The number of hydrogen-bond donors (Lipinski definition) is 2. The molecule has 138 valence electrons. The number of benzene rings is 2. The second-order valence-corrected chi connectivity index (χ2v) is 7.50. The zero-order valence-corrected chi connectivity index (χ0v) is 15.8. The zero-order valence-electron chi connectivity index (χ0n) is 15.0. The van der Waals surface area contributed by atoms with Gasteiger partial charge in [-0.1, -0.05) is 67.2 Å². The second kappa shape index (κ2) is 7.84. The molecule has 7 heteroatoms. The molecular weight excluding hydrogens is 358 g/mol. The van der Waals surface area contributed by atoms with Gasteiger partial charge in [0.15, 0.2) is 5.82 Å². The molecule has 0 aliphatic carbocycles. The lowest BCUT2D eigenvalue weighted by atomic mass is 10.0. The van der Waals surface area contributed by atoms with Gasteiger partial charge < -0.3 is 10.7 Å². The number of amides is 1. The lowest BCUT2D eigenvalue weighted by molar-refractivity contribution is -0.116. The quantitative estimate of drug-likeness (QED) is 0.708. The topological polar surface area (TPSA) is 71.8 Å². The highest BCUT2D eigenvalue weighted by Gasteiger charge is 2.37. The molecule has 0 radical (unpaired) electrons. The highest BCUT2D eigenvalue weighted by Crippen LogP contribution is 2.37.